The molecule has 0 N–H and O–H groups in total. The normalized spacial score (nSPS) is 15.2. The first-order chi connectivity index (χ1) is 21.3. The predicted molar refractivity (Wildman–Crippen MR) is 173 cm³/mol. The summed E-state index contributed by atoms with van der Waals surface area (Å²) >= 11 is 0. The topological polar surface area (TPSA) is 51.8 Å². The van der Waals surface area contributed by atoms with E-state index in [1.165, 1.54) is 52.3 Å². The van der Waals surface area contributed by atoms with Gasteiger partial charge in [-0.05, 0) is 59.4 Å². The van der Waals surface area contributed by atoms with E-state index in [1.807, 2.05) is 42.5 Å². The highest BCUT2D eigenvalue weighted by Crippen LogP contribution is 2.57. The first-order valence-electron chi connectivity index (χ1n) is 15.2. The number of benzene rings is 5. The monoisotopic (exact) mass is 555 g/mol. The van der Waals surface area contributed by atoms with Crippen molar-refractivity contribution in [3.8, 4) is 45.3 Å². The summed E-state index contributed by atoms with van der Waals surface area (Å²) < 4.78 is 6.35. The lowest BCUT2D eigenvalue weighted by Crippen LogP contribution is -2.28. The third kappa shape index (κ3) is 3.79. The fourth-order valence-corrected chi connectivity index (χ4v) is 7.48. The van der Waals surface area contributed by atoms with Gasteiger partial charge in [0, 0.05) is 32.9 Å². The number of nitrogens with zero attached hydrogens (tertiary/aromatic N) is 3. The van der Waals surface area contributed by atoms with Crippen LogP contribution in [0.15, 0.2) is 120 Å². The zero-order chi connectivity index (χ0) is 28.4. The van der Waals surface area contributed by atoms with Crippen LogP contribution in [0, 0.1) is 0 Å². The highest BCUT2D eigenvalue weighted by Gasteiger charge is 2.44. The molecule has 0 aliphatic heterocycles. The van der Waals surface area contributed by atoms with Crippen LogP contribution in [0.3, 0.4) is 0 Å². The van der Waals surface area contributed by atoms with Gasteiger partial charge in [0.25, 0.3) is 0 Å². The SMILES string of the molecule is c1ccc(-c2nc(-c3ccccc3)nc(-c3ccc4c(c3)C3(CCCCC3)c3cc5c(cc3-4)oc3ccccc35)n2)cc1. The third-order valence-electron chi connectivity index (χ3n) is 9.52. The summed E-state index contributed by atoms with van der Waals surface area (Å²) in [6.07, 6.45) is 6.06. The van der Waals surface area contributed by atoms with Gasteiger partial charge in [0.1, 0.15) is 11.2 Å². The average Bonchev–Trinajstić information content (AvgIpc) is 3.57. The molecule has 2 aliphatic carbocycles. The Kier molecular flexibility index (Phi) is 5.39. The maximum Gasteiger partial charge on any atom is 0.164 e. The second kappa shape index (κ2) is 9.47. The predicted octanol–water partition coefficient (Wildman–Crippen LogP) is 10.0. The van der Waals surface area contributed by atoms with Crippen LogP contribution in [0.2, 0.25) is 0 Å². The van der Waals surface area contributed by atoms with Crippen molar-refractivity contribution in [2.24, 2.45) is 0 Å². The quantitative estimate of drug-likeness (QED) is 0.218. The average molecular weight is 556 g/mol. The number of rotatable bonds is 3. The second-order valence-electron chi connectivity index (χ2n) is 11.9. The molecule has 4 heteroatoms. The largest absolute Gasteiger partial charge is 0.456 e. The second-order valence-corrected chi connectivity index (χ2v) is 11.9. The van der Waals surface area contributed by atoms with Crippen molar-refractivity contribution in [1.29, 1.82) is 0 Å². The molecule has 1 saturated carbocycles. The van der Waals surface area contributed by atoms with Crippen molar-refractivity contribution < 1.29 is 4.42 Å². The minimum atomic E-state index is -0.0109. The Bertz CT molecular complexity index is 2100. The summed E-state index contributed by atoms with van der Waals surface area (Å²) in [6.45, 7) is 0. The fourth-order valence-electron chi connectivity index (χ4n) is 7.48. The van der Waals surface area contributed by atoms with Gasteiger partial charge in [-0.3, -0.25) is 0 Å². The van der Waals surface area contributed by atoms with Crippen LogP contribution in [0.1, 0.15) is 43.2 Å². The molecule has 0 radical (unpaired) electrons. The Labute approximate surface area is 250 Å². The van der Waals surface area contributed by atoms with E-state index in [1.54, 1.807) is 0 Å². The van der Waals surface area contributed by atoms with Gasteiger partial charge in [0.05, 0.1) is 0 Å². The summed E-state index contributed by atoms with van der Waals surface area (Å²) in [4.78, 5) is 15.0. The molecule has 0 unspecified atom stereocenters. The lowest BCUT2D eigenvalue weighted by molar-refractivity contribution is 0.353. The summed E-state index contributed by atoms with van der Waals surface area (Å²) in [6, 6.07) is 40.4. The van der Waals surface area contributed by atoms with Gasteiger partial charge < -0.3 is 4.42 Å². The molecule has 7 aromatic rings. The Balaban J connectivity index is 1.25. The Morgan fingerprint density at radius 3 is 1.77 bits per heavy atom. The van der Waals surface area contributed by atoms with E-state index in [9.17, 15) is 0 Å². The van der Waals surface area contributed by atoms with Gasteiger partial charge in [-0.15, -0.1) is 0 Å². The van der Waals surface area contributed by atoms with Crippen molar-refractivity contribution in [2.75, 3.05) is 0 Å². The molecule has 1 spiro atoms. The van der Waals surface area contributed by atoms with Crippen LogP contribution in [0.25, 0.3) is 67.2 Å². The molecule has 5 aromatic carbocycles. The maximum absolute atomic E-state index is 6.35. The molecule has 0 amide bonds. The highest BCUT2D eigenvalue weighted by atomic mass is 16.3. The Morgan fingerprint density at radius 2 is 1.07 bits per heavy atom. The minimum Gasteiger partial charge on any atom is -0.456 e. The van der Waals surface area contributed by atoms with E-state index in [2.05, 4.69) is 72.8 Å². The highest BCUT2D eigenvalue weighted by molar-refractivity contribution is 6.07. The van der Waals surface area contributed by atoms with Crippen molar-refractivity contribution in [3.05, 3.63) is 126 Å². The molecular formula is C39H29N3O. The van der Waals surface area contributed by atoms with E-state index in [0.717, 1.165) is 40.7 Å². The summed E-state index contributed by atoms with van der Waals surface area (Å²) in [7, 11) is 0. The smallest absolute Gasteiger partial charge is 0.164 e. The maximum atomic E-state index is 6.35. The van der Waals surface area contributed by atoms with Gasteiger partial charge in [0.2, 0.25) is 0 Å². The van der Waals surface area contributed by atoms with E-state index in [4.69, 9.17) is 19.4 Å². The van der Waals surface area contributed by atoms with Crippen molar-refractivity contribution in [2.45, 2.75) is 37.5 Å². The number of aromatic nitrogens is 3. The standard InChI is InChI=1S/C39H29N3O/c1-4-12-25(13-5-1)36-40-37(26-14-6-2-7-15-26)42-38(41-36)27-18-19-28-30-24-35-31(29-16-8-9-17-34(29)43-35)23-33(30)39(32(28)22-27)20-10-3-11-21-39/h1-2,4-9,12-19,22-24H,3,10-11,20-21H2. The molecule has 2 aromatic heterocycles. The van der Waals surface area contributed by atoms with Gasteiger partial charge in [0.15, 0.2) is 17.5 Å². The lowest BCUT2D eigenvalue weighted by Gasteiger charge is -2.36. The number of hydrogen-bond donors (Lipinski definition) is 0. The molecule has 2 heterocycles. The number of fused-ring (bicyclic) bond motifs is 8. The fraction of sp³-hybridized carbons (Fsp3) is 0.154. The third-order valence-corrected chi connectivity index (χ3v) is 9.52. The number of para-hydroxylation sites is 1. The molecular weight excluding hydrogens is 526 g/mol. The summed E-state index contributed by atoms with van der Waals surface area (Å²) in [5, 5.41) is 2.40. The van der Waals surface area contributed by atoms with E-state index in [-0.39, 0.29) is 5.41 Å². The molecule has 1 fully saturated rings. The van der Waals surface area contributed by atoms with Crippen LogP contribution >= 0.6 is 0 Å². The van der Waals surface area contributed by atoms with Crippen molar-refractivity contribution in [1.82, 2.24) is 15.0 Å². The van der Waals surface area contributed by atoms with E-state index >= 15 is 0 Å². The lowest BCUT2D eigenvalue weighted by atomic mass is 9.67. The molecule has 0 atom stereocenters. The van der Waals surface area contributed by atoms with Crippen LogP contribution in [0.5, 0.6) is 0 Å². The molecule has 206 valence electrons. The zero-order valence-electron chi connectivity index (χ0n) is 23.8. The van der Waals surface area contributed by atoms with Crippen molar-refractivity contribution >= 4 is 21.9 Å². The first-order valence-corrected chi connectivity index (χ1v) is 15.2. The molecule has 0 saturated heterocycles. The van der Waals surface area contributed by atoms with Gasteiger partial charge in [-0.1, -0.05) is 110 Å². The van der Waals surface area contributed by atoms with E-state index < -0.39 is 0 Å². The first kappa shape index (κ1) is 24.5. The Morgan fingerprint density at radius 1 is 0.465 bits per heavy atom. The van der Waals surface area contributed by atoms with Crippen LogP contribution in [-0.2, 0) is 5.41 Å². The van der Waals surface area contributed by atoms with Crippen LogP contribution < -0.4 is 0 Å². The number of furan rings is 1. The van der Waals surface area contributed by atoms with Gasteiger partial charge in [-0.2, -0.15) is 0 Å². The van der Waals surface area contributed by atoms with Crippen LogP contribution in [-0.4, -0.2) is 15.0 Å². The summed E-state index contributed by atoms with van der Waals surface area (Å²) in [5.41, 5.74) is 10.4. The van der Waals surface area contributed by atoms with Crippen LogP contribution in [0.4, 0.5) is 0 Å². The van der Waals surface area contributed by atoms with Gasteiger partial charge >= 0.3 is 0 Å². The molecule has 43 heavy (non-hydrogen) atoms. The summed E-state index contributed by atoms with van der Waals surface area (Å²) in [5.74, 6) is 2.08. The van der Waals surface area contributed by atoms with Gasteiger partial charge in [-0.25, -0.2) is 15.0 Å². The Hall–Kier alpha value is -5.09. The van der Waals surface area contributed by atoms with Crippen molar-refractivity contribution in [3.63, 3.8) is 0 Å². The number of hydrogen-bond acceptors (Lipinski definition) is 4. The molecule has 9 rings (SSSR count). The minimum absolute atomic E-state index is 0.0109. The molecule has 0 bridgehead atoms. The van der Waals surface area contributed by atoms with E-state index in [0.29, 0.717) is 17.5 Å². The molecule has 2 aliphatic rings. The zero-order valence-corrected chi connectivity index (χ0v) is 23.8. The molecule has 4 nitrogen and oxygen atoms in total.